The number of halogens is 1. The third-order valence-corrected chi connectivity index (χ3v) is 3.79. The van der Waals surface area contributed by atoms with E-state index < -0.39 is 17.8 Å². The lowest BCUT2D eigenvalue weighted by molar-refractivity contribution is -0.120. The van der Waals surface area contributed by atoms with Gasteiger partial charge < -0.3 is 16.3 Å². The molecule has 1 unspecified atom stereocenters. The summed E-state index contributed by atoms with van der Waals surface area (Å²) in [6.45, 7) is 0.173. The first-order valence-corrected chi connectivity index (χ1v) is 7.92. The van der Waals surface area contributed by atoms with Crippen LogP contribution in [-0.4, -0.2) is 46.8 Å². The quantitative estimate of drug-likeness (QED) is 0.148. The first-order chi connectivity index (χ1) is 13.0. The van der Waals surface area contributed by atoms with Crippen LogP contribution < -0.4 is 16.5 Å². The van der Waals surface area contributed by atoms with Gasteiger partial charge >= 0.3 is 0 Å². The molecule has 0 spiro atoms. The molecule has 1 aromatic rings. The first-order valence-electron chi connectivity index (χ1n) is 7.92. The van der Waals surface area contributed by atoms with E-state index in [2.05, 4.69) is 20.5 Å². The second kappa shape index (κ2) is 9.25. The number of nitrogens with two attached hydrogens (primary N) is 1. The molecule has 10 nitrogen and oxygen atoms in total. The summed E-state index contributed by atoms with van der Waals surface area (Å²) in [6, 6.07) is 5.63. The van der Waals surface area contributed by atoms with Crippen LogP contribution in [0.3, 0.4) is 0 Å². The van der Waals surface area contributed by atoms with Crippen molar-refractivity contribution >= 4 is 23.3 Å². The molecule has 0 aliphatic heterocycles. The molecule has 0 saturated heterocycles. The number of aliphatic imine (C=N–C) groups is 2. The maximum Gasteiger partial charge on any atom is 0.234 e. The fourth-order valence-electron chi connectivity index (χ4n) is 2.46. The second-order valence-corrected chi connectivity index (χ2v) is 5.55. The summed E-state index contributed by atoms with van der Waals surface area (Å²) in [5.74, 6) is -1.31. The van der Waals surface area contributed by atoms with Gasteiger partial charge in [-0.25, -0.2) is 4.39 Å². The Morgan fingerprint density at radius 3 is 2.93 bits per heavy atom. The molecule has 1 atom stereocenters. The molecule has 142 valence electrons. The number of carbonyl (C=O) groups excluding carboxylic acids is 1. The van der Waals surface area contributed by atoms with E-state index in [1.54, 1.807) is 17.6 Å². The van der Waals surface area contributed by atoms with Crippen LogP contribution in [0, 0.1) is 17.1 Å². The van der Waals surface area contributed by atoms with Crippen molar-refractivity contribution < 1.29 is 19.6 Å². The topological polar surface area (TPSA) is 168 Å². The number of nitrogens with zero attached hydrogens (tertiary/aromatic N) is 4. The molecule has 6 N–H and O–H groups in total. The van der Waals surface area contributed by atoms with Crippen molar-refractivity contribution in [2.24, 2.45) is 20.9 Å². The van der Waals surface area contributed by atoms with Crippen LogP contribution in [-0.2, 0) is 11.2 Å². The zero-order valence-corrected chi connectivity index (χ0v) is 14.2. The van der Waals surface area contributed by atoms with Gasteiger partial charge in [-0.3, -0.25) is 25.5 Å². The number of nitriles is 1. The zero-order chi connectivity index (χ0) is 19.8. The zero-order valence-electron chi connectivity index (χ0n) is 14.2. The number of benzene rings is 1. The van der Waals surface area contributed by atoms with Crippen LogP contribution in [0.4, 0.5) is 4.39 Å². The fourth-order valence-corrected chi connectivity index (χ4v) is 2.46. The van der Waals surface area contributed by atoms with Crippen LogP contribution in [0.1, 0.15) is 23.6 Å². The Hall–Kier alpha value is -3.52. The Bertz CT molecular complexity index is 845. The van der Waals surface area contributed by atoms with Gasteiger partial charge in [-0.05, 0) is 29.7 Å². The Labute approximate surface area is 153 Å². The Morgan fingerprint density at radius 2 is 2.26 bits per heavy atom. The average Bonchev–Trinajstić information content (AvgIpc) is 2.64. The summed E-state index contributed by atoms with van der Waals surface area (Å²) in [5.41, 5.74) is 8.83. The number of amidine groups is 2. The number of rotatable bonds is 7. The standard InChI is InChI=1S/C16H18FN7O3/c17-10-2-1-9-7-12(11(9)8-10)22-16(24-27)14(23-26)15(19)21-6-5-20-13(25)3-4-18/h1-2,8,12,26-27H,3,5-7H2,(H2,19,21)(H,20,25)(H,22,24)/b23-14+. The van der Waals surface area contributed by atoms with Gasteiger partial charge in [0.15, 0.2) is 17.4 Å². The Morgan fingerprint density at radius 1 is 1.48 bits per heavy atom. The third kappa shape index (κ3) is 4.99. The highest BCUT2D eigenvalue weighted by Gasteiger charge is 2.28. The summed E-state index contributed by atoms with van der Waals surface area (Å²) >= 11 is 0. The molecule has 0 saturated carbocycles. The van der Waals surface area contributed by atoms with E-state index in [4.69, 9.17) is 11.0 Å². The van der Waals surface area contributed by atoms with E-state index in [0.29, 0.717) is 12.0 Å². The van der Waals surface area contributed by atoms with Crippen LogP contribution >= 0.6 is 0 Å². The van der Waals surface area contributed by atoms with Crippen molar-refractivity contribution in [1.29, 1.82) is 5.26 Å². The van der Waals surface area contributed by atoms with E-state index in [9.17, 15) is 19.6 Å². The molecule has 1 aliphatic carbocycles. The summed E-state index contributed by atoms with van der Waals surface area (Å²) in [6.07, 6.45) is 0.263. The van der Waals surface area contributed by atoms with Crippen molar-refractivity contribution in [3.8, 4) is 6.07 Å². The van der Waals surface area contributed by atoms with Crippen LogP contribution in [0.15, 0.2) is 33.3 Å². The predicted octanol–water partition coefficient (Wildman–Crippen LogP) is 0.0175. The molecule has 0 heterocycles. The molecule has 0 bridgehead atoms. The van der Waals surface area contributed by atoms with Crippen molar-refractivity contribution in [3.05, 3.63) is 35.1 Å². The second-order valence-electron chi connectivity index (χ2n) is 5.55. The van der Waals surface area contributed by atoms with E-state index >= 15 is 0 Å². The van der Waals surface area contributed by atoms with Gasteiger partial charge in [-0.2, -0.15) is 5.26 Å². The minimum atomic E-state index is -0.447. The normalized spacial score (nSPS) is 16.8. The summed E-state index contributed by atoms with van der Waals surface area (Å²) < 4.78 is 13.3. The number of hydrogen-bond acceptors (Lipinski definition) is 7. The van der Waals surface area contributed by atoms with Crippen LogP contribution in [0.25, 0.3) is 0 Å². The van der Waals surface area contributed by atoms with Crippen molar-refractivity contribution in [2.45, 2.75) is 18.9 Å². The number of nitrogens with one attached hydrogen (secondary N) is 2. The van der Waals surface area contributed by atoms with Crippen LogP contribution in [0.5, 0.6) is 0 Å². The summed E-state index contributed by atoms with van der Waals surface area (Å²) in [4.78, 5) is 19.3. The van der Waals surface area contributed by atoms with Crippen LogP contribution in [0.2, 0.25) is 0 Å². The molecular weight excluding hydrogens is 357 g/mol. The van der Waals surface area contributed by atoms with Gasteiger partial charge in [-0.1, -0.05) is 11.2 Å². The van der Waals surface area contributed by atoms with E-state index in [1.165, 1.54) is 12.1 Å². The molecule has 1 aliphatic rings. The first kappa shape index (κ1) is 19.8. The maximum atomic E-state index is 13.3. The van der Waals surface area contributed by atoms with E-state index in [1.807, 2.05) is 0 Å². The molecular formula is C16H18FN7O3. The molecule has 2 rings (SSSR count). The predicted molar refractivity (Wildman–Crippen MR) is 94.2 cm³/mol. The SMILES string of the molecule is N#CCC(=O)NCCN=C(N)/C(=N\O)C(=NC1Cc2ccc(F)cc21)NO. The number of hydroxylamine groups is 1. The molecule has 0 radical (unpaired) electrons. The Balaban J connectivity index is 2.04. The lowest BCUT2D eigenvalue weighted by Gasteiger charge is -2.27. The monoisotopic (exact) mass is 375 g/mol. The van der Waals surface area contributed by atoms with Gasteiger partial charge in [0.05, 0.1) is 18.7 Å². The number of oxime groups is 1. The largest absolute Gasteiger partial charge is 0.410 e. The number of fused-ring (bicyclic) bond motifs is 1. The fraction of sp³-hybridized carbons (Fsp3) is 0.312. The van der Waals surface area contributed by atoms with Gasteiger partial charge in [0.1, 0.15) is 12.2 Å². The van der Waals surface area contributed by atoms with Gasteiger partial charge in [0.25, 0.3) is 0 Å². The molecule has 0 aromatic heterocycles. The van der Waals surface area contributed by atoms with Crippen molar-refractivity contribution in [2.75, 3.05) is 13.1 Å². The van der Waals surface area contributed by atoms with Gasteiger partial charge in [-0.15, -0.1) is 0 Å². The third-order valence-electron chi connectivity index (χ3n) is 3.79. The minimum absolute atomic E-state index is 0.0538. The molecule has 27 heavy (non-hydrogen) atoms. The minimum Gasteiger partial charge on any atom is -0.410 e. The summed E-state index contributed by atoms with van der Waals surface area (Å²) in [5, 5.41) is 32.3. The average molecular weight is 375 g/mol. The maximum absolute atomic E-state index is 13.3. The van der Waals surface area contributed by atoms with E-state index in [0.717, 1.165) is 5.56 Å². The van der Waals surface area contributed by atoms with Crippen molar-refractivity contribution in [1.82, 2.24) is 10.8 Å². The number of hydrogen-bond donors (Lipinski definition) is 5. The highest BCUT2D eigenvalue weighted by atomic mass is 19.1. The molecule has 1 amide bonds. The lowest BCUT2D eigenvalue weighted by Crippen LogP contribution is -2.40. The smallest absolute Gasteiger partial charge is 0.234 e. The lowest BCUT2D eigenvalue weighted by atomic mass is 9.83. The number of carbonyl (C=O) groups is 1. The number of amides is 1. The highest BCUT2D eigenvalue weighted by Crippen LogP contribution is 2.36. The molecule has 11 heteroatoms. The van der Waals surface area contributed by atoms with Gasteiger partial charge in [0.2, 0.25) is 5.91 Å². The summed E-state index contributed by atoms with van der Waals surface area (Å²) in [7, 11) is 0. The van der Waals surface area contributed by atoms with Gasteiger partial charge in [0, 0.05) is 6.54 Å². The molecule has 0 fully saturated rings. The van der Waals surface area contributed by atoms with E-state index in [-0.39, 0.29) is 36.9 Å². The Kier molecular flexibility index (Phi) is 6.79. The molecule has 1 aromatic carbocycles. The highest BCUT2D eigenvalue weighted by molar-refractivity contribution is 6.67. The van der Waals surface area contributed by atoms with Crippen molar-refractivity contribution in [3.63, 3.8) is 0 Å².